The van der Waals surface area contributed by atoms with Gasteiger partial charge in [-0.15, -0.1) is 0 Å². The maximum absolute atomic E-state index is 8.81. The van der Waals surface area contributed by atoms with Crippen LogP contribution in [0.2, 0.25) is 0 Å². The van der Waals surface area contributed by atoms with Gasteiger partial charge in [0, 0.05) is 0 Å². The van der Waals surface area contributed by atoms with Gasteiger partial charge in [0.1, 0.15) is 0 Å². The zero-order chi connectivity index (χ0) is 17.1. The van der Waals surface area contributed by atoms with Gasteiger partial charge in [-0.1, -0.05) is 0 Å². The Kier molecular flexibility index (Phi) is 47.0. The fourth-order valence-corrected chi connectivity index (χ4v) is 0. The van der Waals surface area contributed by atoms with E-state index < -0.39 is 58.7 Å². The van der Waals surface area contributed by atoms with E-state index >= 15 is 0 Å². The Labute approximate surface area is 218 Å². The van der Waals surface area contributed by atoms with E-state index in [1.807, 2.05) is 0 Å². The summed E-state index contributed by atoms with van der Waals surface area (Å²) in [5.41, 5.74) is 0. The van der Waals surface area contributed by atoms with Crippen LogP contribution in [0.4, 0.5) is 0 Å². The van der Waals surface area contributed by atoms with Crippen molar-refractivity contribution < 1.29 is 170 Å². The molecule has 0 fully saturated rings. The second kappa shape index (κ2) is 23.0. The SMILES string of the molecule is [BiH3].[BiH3].[H-].[K+].[O]=[Mn](=[O])([OH])[OH].[O]=[Mn](=[O])([OH])[OH].[O]=[Mn](=[O])([OH])[OH].[O]=[Ti]([OH])[OH]. The standard InChI is InChI=1S/2Bi.K.3Mn.8H2O.7O.Ti.7H/h;;;;;;8*1H2;;;;;;;;;;;;;;;/q;;+1;3*+2;;;;;;;;;;;;;;;;+2;;;;;;;-1/p-8. The summed E-state index contributed by atoms with van der Waals surface area (Å²) in [4.78, 5) is 0. The normalized spacial score (nSPS) is 9.09. The quantitative estimate of drug-likeness (QED) is 0.105. The van der Waals surface area contributed by atoms with Gasteiger partial charge >= 0.3 is 221 Å². The van der Waals surface area contributed by atoms with Crippen LogP contribution in [0, 0.1) is 0 Å². The third kappa shape index (κ3) is 807. The number of hydrogen-bond acceptors (Lipinski definition) is 7. The van der Waals surface area contributed by atoms with Crippen molar-refractivity contribution in [3.05, 3.63) is 0 Å². The predicted octanol–water partition coefficient (Wildman–Crippen LogP) is -10.5. The van der Waals surface area contributed by atoms with E-state index in [2.05, 4.69) is 0 Å². The summed E-state index contributed by atoms with van der Waals surface area (Å²) >= 11 is -19.0. The first-order valence-electron chi connectivity index (χ1n) is 2.59. The molecule has 0 radical (unpaired) electrons. The first kappa shape index (κ1) is 45.0. The molecule has 141 valence electrons. The average Bonchev–Trinajstić information content (AvgIpc) is 1.66. The fraction of sp³-hybridized carbons (Fsp3) is 0. The van der Waals surface area contributed by atoms with Gasteiger partial charge in [-0.3, -0.25) is 0 Å². The molecule has 0 aliphatic rings. The van der Waals surface area contributed by atoms with Gasteiger partial charge in [0.2, 0.25) is 0 Å². The molecule has 0 saturated carbocycles. The Balaban J connectivity index is -0.0000000206. The molecule has 0 heterocycles. The molecule has 0 aromatic carbocycles. The van der Waals surface area contributed by atoms with Gasteiger partial charge in [0.15, 0.2) is 0 Å². The minimum atomic E-state index is -5.12. The van der Waals surface area contributed by atoms with Gasteiger partial charge < -0.3 is 1.43 Å². The minimum absolute atomic E-state index is 0. The van der Waals surface area contributed by atoms with Crippen LogP contribution in [-0.2, 0) is 85.1 Å². The van der Waals surface area contributed by atoms with E-state index in [9.17, 15) is 0 Å². The van der Waals surface area contributed by atoms with Crippen molar-refractivity contribution in [1.29, 1.82) is 0 Å². The van der Waals surface area contributed by atoms with Crippen molar-refractivity contribution in [3.63, 3.8) is 0 Å². The van der Waals surface area contributed by atoms with Crippen LogP contribution in [0.15, 0.2) is 0 Å². The second-order valence-corrected chi connectivity index (χ2v) is 6.29. The van der Waals surface area contributed by atoms with E-state index in [0.717, 1.165) is 0 Å². The Bertz CT molecular complexity index is 436. The first-order valence-corrected chi connectivity index (χ1v) is 10.7. The molecule has 22 heavy (non-hydrogen) atoms. The van der Waals surface area contributed by atoms with Crippen molar-refractivity contribution in [2.75, 3.05) is 0 Å². The van der Waals surface area contributed by atoms with Crippen LogP contribution in [-0.4, -0.2) is 84.9 Å². The van der Waals surface area contributed by atoms with Crippen LogP contribution in [0.5, 0.6) is 0 Å². The van der Waals surface area contributed by atoms with Crippen molar-refractivity contribution in [2.45, 2.75) is 0 Å². The molecule has 0 bridgehead atoms. The molecular weight excluding hydrogens is 910 g/mol. The van der Waals surface area contributed by atoms with Crippen molar-refractivity contribution >= 4 is 52.4 Å². The van der Waals surface area contributed by atoms with E-state index in [-0.39, 0.29) is 105 Å². The molecule has 8 N–H and O–H groups in total. The fourth-order valence-electron chi connectivity index (χ4n) is 0. The van der Waals surface area contributed by atoms with Gasteiger partial charge in [-0.05, 0) is 0 Å². The van der Waals surface area contributed by atoms with E-state index in [1.165, 1.54) is 0 Å². The van der Waals surface area contributed by atoms with Crippen molar-refractivity contribution in [3.8, 4) is 0 Å². The monoisotopic (exact) mass is 925 g/mol. The molecule has 0 aliphatic heterocycles. The molecule has 15 nitrogen and oxygen atoms in total. The maximum atomic E-state index is 8.81. The molecule has 0 amide bonds. The van der Waals surface area contributed by atoms with Crippen molar-refractivity contribution in [2.24, 2.45) is 0 Å². The second-order valence-electron chi connectivity index (χ2n) is 1.53. The molecular formula is H15Bi2KMn3O15Ti. The Hall–Kier alpha value is 3.96. The van der Waals surface area contributed by atoms with Gasteiger partial charge in [0.25, 0.3) is 0 Å². The Morgan fingerprint density at radius 2 is 0.591 bits per heavy atom. The average molecular weight is 925 g/mol. The van der Waals surface area contributed by atoms with Crippen LogP contribution >= 0.6 is 0 Å². The van der Waals surface area contributed by atoms with Crippen LogP contribution < -0.4 is 51.4 Å². The summed E-state index contributed by atoms with van der Waals surface area (Å²) in [7, 11) is 0. The molecule has 22 heteroatoms. The van der Waals surface area contributed by atoms with Crippen LogP contribution in [0.3, 0.4) is 0 Å². The summed E-state index contributed by atoms with van der Waals surface area (Å²) in [6, 6.07) is 0. The summed E-state index contributed by atoms with van der Waals surface area (Å²) in [6.07, 6.45) is 0. The molecule has 0 rings (SSSR count). The number of rotatable bonds is 0. The summed E-state index contributed by atoms with van der Waals surface area (Å²) in [5, 5.41) is 0. The predicted molar refractivity (Wildman–Crippen MR) is 43.5 cm³/mol. The van der Waals surface area contributed by atoms with Crippen molar-refractivity contribution in [1.82, 2.24) is 0 Å². The van der Waals surface area contributed by atoms with Gasteiger partial charge in [-0.25, -0.2) is 0 Å². The molecule has 0 aromatic rings. The number of hydrogen-bond donors (Lipinski definition) is 8. The van der Waals surface area contributed by atoms with Crippen LogP contribution in [0.25, 0.3) is 0 Å². The Morgan fingerprint density at radius 3 is 0.591 bits per heavy atom. The summed E-state index contributed by atoms with van der Waals surface area (Å²) in [5.74, 6) is 0. The zero-order valence-electron chi connectivity index (χ0n) is 11.5. The third-order valence-corrected chi connectivity index (χ3v) is 0. The molecule has 0 aromatic heterocycles. The summed E-state index contributed by atoms with van der Waals surface area (Å²) < 4.78 is 119. The van der Waals surface area contributed by atoms with Gasteiger partial charge in [-0.2, -0.15) is 0 Å². The van der Waals surface area contributed by atoms with Gasteiger partial charge in [0.05, 0.1) is 0 Å². The van der Waals surface area contributed by atoms with E-state index in [1.54, 1.807) is 0 Å². The third-order valence-electron chi connectivity index (χ3n) is 0. The molecule has 0 aliphatic carbocycles. The Morgan fingerprint density at radius 1 is 0.591 bits per heavy atom. The topological polar surface area (TPSA) is 281 Å². The zero-order valence-corrected chi connectivity index (χ0v) is 29.7. The summed E-state index contributed by atoms with van der Waals surface area (Å²) in [6.45, 7) is 0. The first-order chi connectivity index (χ1) is 7.73. The molecule has 0 spiro atoms. The van der Waals surface area contributed by atoms with E-state index in [4.69, 9.17) is 58.8 Å². The molecule has 0 atom stereocenters. The van der Waals surface area contributed by atoms with Crippen LogP contribution in [0.1, 0.15) is 1.43 Å². The molecule has 0 saturated heterocycles. The van der Waals surface area contributed by atoms with E-state index in [0.29, 0.717) is 0 Å². The molecule has 0 unspecified atom stereocenters.